The summed E-state index contributed by atoms with van der Waals surface area (Å²) < 4.78 is 12.9. The van der Waals surface area contributed by atoms with Gasteiger partial charge in [-0.2, -0.15) is 0 Å². The van der Waals surface area contributed by atoms with Crippen LogP contribution in [-0.4, -0.2) is 13.6 Å². The Morgan fingerprint density at radius 2 is 2.00 bits per heavy atom. The number of likely N-dealkylation sites (N-methyl/N-ethyl adjacent to an activating group) is 1. The number of halogens is 1. The normalized spacial score (nSPS) is 12.6. The van der Waals surface area contributed by atoms with Crippen molar-refractivity contribution in [2.24, 2.45) is 0 Å². The molecule has 1 heterocycles. The van der Waals surface area contributed by atoms with Crippen LogP contribution >= 0.6 is 11.3 Å². The van der Waals surface area contributed by atoms with Crippen LogP contribution in [0.25, 0.3) is 0 Å². The van der Waals surface area contributed by atoms with Crippen molar-refractivity contribution in [3.05, 3.63) is 58.0 Å². The molecular weight excluding hydrogens is 245 g/mol. The van der Waals surface area contributed by atoms with Crippen molar-refractivity contribution in [3.63, 3.8) is 0 Å². The lowest BCUT2D eigenvalue weighted by molar-refractivity contribution is 0.582. The van der Waals surface area contributed by atoms with Gasteiger partial charge in [0, 0.05) is 11.4 Å². The average molecular weight is 263 g/mol. The topological polar surface area (TPSA) is 12.0 Å². The van der Waals surface area contributed by atoms with Crippen molar-refractivity contribution in [2.75, 3.05) is 13.6 Å². The first-order valence-corrected chi connectivity index (χ1v) is 7.10. The SMILES string of the molecule is CNCC(CCc1cccs1)c1ccc(F)cc1. The second-order valence-corrected chi connectivity index (χ2v) is 5.46. The smallest absolute Gasteiger partial charge is 0.123 e. The summed E-state index contributed by atoms with van der Waals surface area (Å²) in [5.41, 5.74) is 1.21. The molecule has 1 atom stereocenters. The molecule has 1 unspecified atom stereocenters. The summed E-state index contributed by atoms with van der Waals surface area (Å²) in [6, 6.07) is 11.1. The van der Waals surface area contributed by atoms with Crippen LogP contribution in [0.2, 0.25) is 0 Å². The Kier molecular flexibility index (Phi) is 4.90. The Morgan fingerprint density at radius 3 is 2.61 bits per heavy atom. The van der Waals surface area contributed by atoms with Crippen LogP contribution < -0.4 is 5.32 Å². The number of thiophene rings is 1. The Bertz CT molecular complexity index is 450. The highest BCUT2D eigenvalue weighted by Crippen LogP contribution is 2.23. The lowest BCUT2D eigenvalue weighted by Gasteiger charge is -2.16. The van der Waals surface area contributed by atoms with E-state index >= 15 is 0 Å². The molecule has 1 nitrogen and oxygen atoms in total. The van der Waals surface area contributed by atoms with Crippen LogP contribution in [0.5, 0.6) is 0 Å². The van der Waals surface area contributed by atoms with Gasteiger partial charge in [-0.05, 0) is 54.9 Å². The zero-order chi connectivity index (χ0) is 12.8. The first-order chi connectivity index (χ1) is 8.79. The molecule has 2 rings (SSSR count). The van der Waals surface area contributed by atoms with E-state index in [1.54, 1.807) is 23.5 Å². The van der Waals surface area contributed by atoms with Gasteiger partial charge in [0.25, 0.3) is 0 Å². The maximum Gasteiger partial charge on any atom is 0.123 e. The van der Waals surface area contributed by atoms with Crippen LogP contribution in [0.4, 0.5) is 4.39 Å². The standard InChI is InChI=1S/C15H18FNS/c1-17-11-13(6-9-15-3-2-10-18-15)12-4-7-14(16)8-5-12/h2-5,7-8,10,13,17H,6,9,11H2,1H3. The van der Waals surface area contributed by atoms with Gasteiger partial charge >= 0.3 is 0 Å². The molecule has 1 N–H and O–H groups in total. The van der Waals surface area contributed by atoms with Gasteiger partial charge in [-0.1, -0.05) is 18.2 Å². The van der Waals surface area contributed by atoms with Gasteiger partial charge in [0.1, 0.15) is 5.82 Å². The zero-order valence-electron chi connectivity index (χ0n) is 10.5. The number of nitrogens with one attached hydrogen (secondary N) is 1. The maximum absolute atomic E-state index is 12.9. The minimum atomic E-state index is -0.166. The third-order valence-corrected chi connectivity index (χ3v) is 4.05. The largest absolute Gasteiger partial charge is 0.319 e. The molecule has 0 saturated carbocycles. The molecule has 0 fully saturated rings. The van der Waals surface area contributed by atoms with Gasteiger partial charge in [0.2, 0.25) is 0 Å². The molecule has 0 radical (unpaired) electrons. The minimum Gasteiger partial charge on any atom is -0.319 e. The minimum absolute atomic E-state index is 0.166. The lowest BCUT2D eigenvalue weighted by Crippen LogP contribution is -2.17. The number of rotatable bonds is 6. The van der Waals surface area contributed by atoms with E-state index < -0.39 is 0 Å². The summed E-state index contributed by atoms with van der Waals surface area (Å²) in [7, 11) is 1.96. The summed E-state index contributed by atoms with van der Waals surface area (Å²) in [5, 5.41) is 5.33. The van der Waals surface area contributed by atoms with Gasteiger partial charge in [-0.15, -0.1) is 11.3 Å². The van der Waals surface area contributed by atoms with E-state index in [9.17, 15) is 4.39 Å². The highest BCUT2D eigenvalue weighted by molar-refractivity contribution is 7.09. The average Bonchev–Trinajstić information content (AvgIpc) is 2.89. The van der Waals surface area contributed by atoms with Crippen molar-refractivity contribution in [3.8, 4) is 0 Å². The summed E-state index contributed by atoms with van der Waals surface area (Å²) in [6.07, 6.45) is 2.17. The predicted octanol–water partition coefficient (Wildman–Crippen LogP) is 3.82. The Morgan fingerprint density at radius 1 is 1.22 bits per heavy atom. The second kappa shape index (κ2) is 6.66. The summed E-state index contributed by atoms with van der Waals surface area (Å²) in [5.74, 6) is 0.276. The molecule has 3 heteroatoms. The Labute approximate surface area is 112 Å². The van der Waals surface area contributed by atoms with E-state index in [0.29, 0.717) is 5.92 Å². The molecule has 0 bridgehead atoms. The molecule has 2 aromatic rings. The van der Waals surface area contributed by atoms with Crippen molar-refractivity contribution in [1.29, 1.82) is 0 Å². The van der Waals surface area contributed by atoms with E-state index in [1.807, 2.05) is 19.2 Å². The van der Waals surface area contributed by atoms with Crippen LogP contribution in [-0.2, 0) is 6.42 Å². The Hall–Kier alpha value is -1.19. The second-order valence-electron chi connectivity index (χ2n) is 4.42. The molecular formula is C15H18FNS. The van der Waals surface area contributed by atoms with Gasteiger partial charge < -0.3 is 5.32 Å². The van der Waals surface area contributed by atoms with Crippen molar-refractivity contribution in [1.82, 2.24) is 5.32 Å². The fourth-order valence-corrected chi connectivity index (χ4v) is 2.86. The Balaban J connectivity index is 2.01. The van der Waals surface area contributed by atoms with E-state index in [1.165, 1.54) is 10.4 Å². The predicted molar refractivity (Wildman–Crippen MR) is 75.7 cm³/mol. The van der Waals surface area contributed by atoms with E-state index in [-0.39, 0.29) is 5.82 Å². The molecule has 0 spiro atoms. The van der Waals surface area contributed by atoms with E-state index in [4.69, 9.17) is 0 Å². The summed E-state index contributed by atoms with van der Waals surface area (Å²) >= 11 is 1.80. The zero-order valence-corrected chi connectivity index (χ0v) is 11.3. The van der Waals surface area contributed by atoms with Gasteiger partial charge in [-0.3, -0.25) is 0 Å². The molecule has 0 saturated heterocycles. The van der Waals surface area contributed by atoms with Crippen LogP contribution in [0, 0.1) is 5.82 Å². The molecule has 1 aromatic heterocycles. The van der Waals surface area contributed by atoms with Crippen molar-refractivity contribution < 1.29 is 4.39 Å². The van der Waals surface area contributed by atoms with Crippen LogP contribution in [0.3, 0.4) is 0 Å². The van der Waals surface area contributed by atoms with Gasteiger partial charge in [0.05, 0.1) is 0 Å². The number of benzene rings is 1. The molecule has 0 aliphatic heterocycles. The van der Waals surface area contributed by atoms with E-state index in [0.717, 1.165) is 19.4 Å². The number of aryl methyl sites for hydroxylation is 1. The lowest BCUT2D eigenvalue weighted by atomic mass is 9.94. The third kappa shape index (κ3) is 3.65. The number of hydrogen-bond donors (Lipinski definition) is 1. The van der Waals surface area contributed by atoms with Crippen LogP contribution in [0.1, 0.15) is 22.8 Å². The fourth-order valence-electron chi connectivity index (χ4n) is 2.14. The highest BCUT2D eigenvalue weighted by atomic mass is 32.1. The third-order valence-electron chi connectivity index (χ3n) is 3.11. The quantitative estimate of drug-likeness (QED) is 0.835. The maximum atomic E-state index is 12.9. The fraction of sp³-hybridized carbons (Fsp3) is 0.333. The van der Waals surface area contributed by atoms with Crippen molar-refractivity contribution >= 4 is 11.3 Å². The monoisotopic (exact) mass is 263 g/mol. The summed E-state index contributed by atoms with van der Waals surface area (Å²) in [6.45, 7) is 0.928. The molecule has 0 amide bonds. The molecule has 96 valence electrons. The molecule has 0 aliphatic rings. The van der Waals surface area contributed by atoms with Gasteiger partial charge in [-0.25, -0.2) is 4.39 Å². The molecule has 0 aliphatic carbocycles. The number of hydrogen-bond acceptors (Lipinski definition) is 2. The van der Waals surface area contributed by atoms with E-state index in [2.05, 4.69) is 22.8 Å². The van der Waals surface area contributed by atoms with Crippen LogP contribution in [0.15, 0.2) is 41.8 Å². The summed E-state index contributed by atoms with van der Waals surface area (Å²) in [4.78, 5) is 1.42. The highest BCUT2D eigenvalue weighted by Gasteiger charge is 2.11. The first-order valence-electron chi connectivity index (χ1n) is 6.22. The van der Waals surface area contributed by atoms with Gasteiger partial charge in [0.15, 0.2) is 0 Å². The molecule has 1 aromatic carbocycles. The molecule has 18 heavy (non-hydrogen) atoms. The first kappa shape index (κ1) is 13.2. The van der Waals surface area contributed by atoms with Crippen molar-refractivity contribution in [2.45, 2.75) is 18.8 Å².